The van der Waals surface area contributed by atoms with Crippen LogP contribution in [-0.2, 0) is 0 Å². The van der Waals surface area contributed by atoms with E-state index in [4.69, 9.17) is 17.3 Å². The lowest BCUT2D eigenvalue weighted by Crippen LogP contribution is -2.32. The van der Waals surface area contributed by atoms with Gasteiger partial charge in [0.1, 0.15) is 5.69 Å². The van der Waals surface area contributed by atoms with Crippen LogP contribution in [0.25, 0.3) is 0 Å². The molecule has 4 nitrogen and oxygen atoms in total. The van der Waals surface area contributed by atoms with E-state index in [1.54, 1.807) is 10.9 Å². The first kappa shape index (κ1) is 13.6. The molecule has 0 bridgehead atoms. The smallest absolute Gasteiger partial charge is 0.185 e. The first-order chi connectivity index (χ1) is 8.50. The largest absolute Gasteiger partial charge is 0.328 e. The van der Waals surface area contributed by atoms with Gasteiger partial charge in [-0.3, -0.25) is 9.48 Å². The molecule has 2 N–H and O–H groups in total. The van der Waals surface area contributed by atoms with Crippen LogP contribution in [-0.4, -0.2) is 21.6 Å². The quantitative estimate of drug-likeness (QED) is 0.859. The molecule has 0 saturated heterocycles. The molecule has 5 heteroatoms. The van der Waals surface area contributed by atoms with Crippen molar-refractivity contribution in [3.8, 4) is 0 Å². The molecule has 0 spiro atoms. The number of Topliss-reactive ketones (excluding diaryl/α,β-unsaturated/α-hetero) is 1. The second-order valence-corrected chi connectivity index (χ2v) is 5.77. The number of aromatic nitrogens is 2. The molecule has 100 valence electrons. The van der Waals surface area contributed by atoms with E-state index in [2.05, 4.69) is 5.10 Å². The van der Waals surface area contributed by atoms with Gasteiger partial charge in [0.25, 0.3) is 0 Å². The number of rotatable bonds is 3. The Bertz CT molecular complexity index is 441. The van der Waals surface area contributed by atoms with Gasteiger partial charge in [-0.05, 0) is 33.1 Å². The summed E-state index contributed by atoms with van der Waals surface area (Å²) < 4.78 is 1.71. The predicted octanol–water partition coefficient (Wildman–Crippen LogP) is 2.82. The van der Waals surface area contributed by atoms with Crippen molar-refractivity contribution in [3.63, 3.8) is 0 Å². The van der Waals surface area contributed by atoms with Crippen molar-refractivity contribution in [2.45, 2.75) is 51.6 Å². The summed E-state index contributed by atoms with van der Waals surface area (Å²) in [4.78, 5) is 12.6. The maximum atomic E-state index is 12.6. The van der Waals surface area contributed by atoms with Crippen LogP contribution in [0.2, 0.25) is 5.02 Å². The highest BCUT2D eigenvalue weighted by Crippen LogP contribution is 2.29. The maximum Gasteiger partial charge on any atom is 0.185 e. The van der Waals surface area contributed by atoms with E-state index in [1.165, 1.54) is 0 Å². The lowest BCUT2D eigenvalue weighted by Gasteiger charge is -2.26. The van der Waals surface area contributed by atoms with Crippen LogP contribution in [0.3, 0.4) is 0 Å². The SMILES string of the molecule is CC(C)n1ncc(Cl)c1C(=O)C1CCCC(N)C1. The first-order valence-corrected chi connectivity index (χ1v) is 6.91. The van der Waals surface area contributed by atoms with Gasteiger partial charge in [-0.25, -0.2) is 0 Å². The molecule has 0 radical (unpaired) electrons. The molecule has 2 unspecified atom stereocenters. The Morgan fingerprint density at radius 1 is 1.56 bits per heavy atom. The highest BCUT2D eigenvalue weighted by molar-refractivity contribution is 6.33. The fourth-order valence-corrected chi connectivity index (χ4v) is 2.85. The third kappa shape index (κ3) is 2.59. The molecule has 1 heterocycles. The summed E-state index contributed by atoms with van der Waals surface area (Å²) >= 11 is 6.10. The summed E-state index contributed by atoms with van der Waals surface area (Å²) in [5.41, 5.74) is 6.49. The van der Waals surface area contributed by atoms with Crippen molar-refractivity contribution in [2.24, 2.45) is 11.7 Å². The second-order valence-electron chi connectivity index (χ2n) is 5.37. The van der Waals surface area contributed by atoms with E-state index in [0.29, 0.717) is 10.7 Å². The summed E-state index contributed by atoms with van der Waals surface area (Å²) in [6, 6.07) is 0.274. The van der Waals surface area contributed by atoms with Crippen molar-refractivity contribution in [1.29, 1.82) is 0 Å². The van der Waals surface area contributed by atoms with E-state index < -0.39 is 0 Å². The number of nitrogens with two attached hydrogens (primary N) is 1. The lowest BCUT2D eigenvalue weighted by molar-refractivity contribution is 0.0868. The van der Waals surface area contributed by atoms with Crippen molar-refractivity contribution in [2.75, 3.05) is 0 Å². The molecule has 18 heavy (non-hydrogen) atoms. The van der Waals surface area contributed by atoms with Gasteiger partial charge in [0.05, 0.1) is 11.2 Å². The minimum absolute atomic E-state index is 0.000417. The van der Waals surface area contributed by atoms with Crippen LogP contribution in [0.15, 0.2) is 6.20 Å². The van der Waals surface area contributed by atoms with Gasteiger partial charge in [-0.2, -0.15) is 5.10 Å². The zero-order chi connectivity index (χ0) is 13.3. The van der Waals surface area contributed by atoms with Gasteiger partial charge in [0.2, 0.25) is 0 Å². The highest BCUT2D eigenvalue weighted by Gasteiger charge is 2.30. The predicted molar refractivity (Wildman–Crippen MR) is 71.9 cm³/mol. The van der Waals surface area contributed by atoms with Crippen molar-refractivity contribution >= 4 is 17.4 Å². The van der Waals surface area contributed by atoms with Gasteiger partial charge in [0.15, 0.2) is 5.78 Å². The fraction of sp³-hybridized carbons (Fsp3) is 0.692. The number of carbonyl (C=O) groups excluding carboxylic acids is 1. The van der Waals surface area contributed by atoms with E-state index in [0.717, 1.165) is 25.7 Å². The number of carbonyl (C=O) groups is 1. The molecule has 2 rings (SSSR count). The van der Waals surface area contributed by atoms with Crippen LogP contribution < -0.4 is 5.73 Å². The summed E-state index contributed by atoms with van der Waals surface area (Å²) in [5, 5.41) is 4.63. The summed E-state index contributed by atoms with van der Waals surface area (Å²) in [6.07, 6.45) is 5.26. The molecule has 1 aliphatic rings. The zero-order valence-corrected chi connectivity index (χ0v) is 11.7. The maximum absolute atomic E-state index is 12.6. The number of hydrogen-bond donors (Lipinski definition) is 1. The van der Waals surface area contributed by atoms with E-state index in [-0.39, 0.29) is 23.8 Å². The molecule has 1 saturated carbocycles. The average molecular weight is 270 g/mol. The van der Waals surface area contributed by atoms with Gasteiger partial charge >= 0.3 is 0 Å². The molecular formula is C13H20ClN3O. The molecule has 0 aromatic carbocycles. The Labute approximate surface area is 112 Å². The van der Waals surface area contributed by atoms with E-state index in [1.807, 2.05) is 13.8 Å². The standard InChI is InChI=1S/C13H20ClN3O/c1-8(2)17-12(11(14)7-16-17)13(18)9-4-3-5-10(15)6-9/h7-10H,3-6,15H2,1-2H3. The third-order valence-electron chi connectivity index (χ3n) is 3.56. The average Bonchev–Trinajstić information content (AvgIpc) is 2.70. The van der Waals surface area contributed by atoms with Crippen molar-refractivity contribution in [3.05, 3.63) is 16.9 Å². The van der Waals surface area contributed by atoms with Crippen molar-refractivity contribution in [1.82, 2.24) is 9.78 Å². The van der Waals surface area contributed by atoms with Gasteiger partial charge in [-0.1, -0.05) is 18.0 Å². The van der Waals surface area contributed by atoms with E-state index >= 15 is 0 Å². The Balaban J connectivity index is 2.25. The van der Waals surface area contributed by atoms with Crippen molar-refractivity contribution < 1.29 is 4.79 Å². The molecular weight excluding hydrogens is 250 g/mol. The molecule has 1 aromatic rings. The van der Waals surface area contributed by atoms with Gasteiger partial charge < -0.3 is 5.73 Å². The number of hydrogen-bond acceptors (Lipinski definition) is 3. The Morgan fingerprint density at radius 2 is 2.28 bits per heavy atom. The Morgan fingerprint density at radius 3 is 2.89 bits per heavy atom. The monoisotopic (exact) mass is 269 g/mol. The molecule has 0 aliphatic heterocycles. The van der Waals surface area contributed by atoms with Gasteiger partial charge in [0, 0.05) is 18.0 Å². The van der Waals surface area contributed by atoms with E-state index in [9.17, 15) is 4.79 Å². The second kappa shape index (κ2) is 5.41. The zero-order valence-electron chi connectivity index (χ0n) is 10.9. The summed E-state index contributed by atoms with van der Waals surface area (Å²) in [6.45, 7) is 3.99. The Hall–Kier alpha value is -0.870. The normalized spacial score (nSPS) is 24.5. The first-order valence-electron chi connectivity index (χ1n) is 6.53. The molecule has 0 amide bonds. The number of ketones is 1. The third-order valence-corrected chi connectivity index (χ3v) is 3.84. The minimum atomic E-state index is 0.000417. The van der Waals surface area contributed by atoms with Crippen LogP contribution >= 0.6 is 11.6 Å². The van der Waals surface area contributed by atoms with Crippen LogP contribution in [0.4, 0.5) is 0 Å². The molecule has 2 atom stereocenters. The minimum Gasteiger partial charge on any atom is -0.328 e. The molecule has 1 fully saturated rings. The molecule has 1 aromatic heterocycles. The molecule has 1 aliphatic carbocycles. The number of nitrogens with zero attached hydrogens (tertiary/aromatic N) is 2. The number of halogens is 1. The lowest BCUT2D eigenvalue weighted by atomic mass is 9.82. The Kier molecular flexibility index (Phi) is 4.07. The topological polar surface area (TPSA) is 60.9 Å². The van der Waals surface area contributed by atoms with Gasteiger partial charge in [-0.15, -0.1) is 0 Å². The highest BCUT2D eigenvalue weighted by atomic mass is 35.5. The van der Waals surface area contributed by atoms with Crippen LogP contribution in [0, 0.1) is 5.92 Å². The van der Waals surface area contributed by atoms with Crippen LogP contribution in [0.1, 0.15) is 56.1 Å². The summed E-state index contributed by atoms with van der Waals surface area (Å²) in [5.74, 6) is 0.0989. The summed E-state index contributed by atoms with van der Waals surface area (Å²) in [7, 11) is 0. The van der Waals surface area contributed by atoms with Crippen LogP contribution in [0.5, 0.6) is 0 Å². The fourth-order valence-electron chi connectivity index (χ4n) is 2.62.